The minimum absolute atomic E-state index is 0.00773. The van der Waals surface area contributed by atoms with Gasteiger partial charge in [-0.15, -0.1) is 0 Å². The number of carbonyl (C=O) groups excluding carboxylic acids is 1. The zero-order valence-corrected chi connectivity index (χ0v) is 14.2. The fourth-order valence-electron chi connectivity index (χ4n) is 2.87. The van der Waals surface area contributed by atoms with Crippen molar-refractivity contribution in [2.45, 2.75) is 38.9 Å². The van der Waals surface area contributed by atoms with Crippen molar-refractivity contribution in [3.63, 3.8) is 0 Å². The van der Waals surface area contributed by atoms with E-state index in [0.717, 1.165) is 29.8 Å². The van der Waals surface area contributed by atoms with E-state index in [1.54, 1.807) is 0 Å². The van der Waals surface area contributed by atoms with Crippen LogP contribution in [0.25, 0.3) is 0 Å². The highest BCUT2D eigenvalue weighted by Crippen LogP contribution is 2.31. The molecule has 2 heterocycles. The van der Waals surface area contributed by atoms with E-state index in [9.17, 15) is 4.79 Å². The summed E-state index contributed by atoms with van der Waals surface area (Å²) in [4.78, 5) is 12.4. The Balaban J connectivity index is 1.49. The lowest BCUT2D eigenvalue weighted by Crippen LogP contribution is -2.45. The van der Waals surface area contributed by atoms with Gasteiger partial charge in [0.05, 0.1) is 31.4 Å². The molecule has 0 saturated heterocycles. The van der Waals surface area contributed by atoms with Gasteiger partial charge >= 0.3 is 0 Å². The van der Waals surface area contributed by atoms with Gasteiger partial charge in [-0.1, -0.05) is 18.2 Å². The highest BCUT2D eigenvalue weighted by molar-refractivity contribution is 5.81. The molecule has 2 N–H and O–H groups in total. The van der Waals surface area contributed by atoms with Crippen LogP contribution in [-0.2, 0) is 11.3 Å². The van der Waals surface area contributed by atoms with Gasteiger partial charge in [-0.05, 0) is 25.5 Å². The van der Waals surface area contributed by atoms with Crippen LogP contribution in [0.1, 0.15) is 30.5 Å². The third-order valence-corrected chi connectivity index (χ3v) is 4.22. The number of carbonyl (C=O) groups is 1. The molecule has 1 aliphatic rings. The Morgan fingerprint density at radius 3 is 3.08 bits per heavy atom. The summed E-state index contributed by atoms with van der Waals surface area (Å²) >= 11 is 0. The van der Waals surface area contributed by atoms with Crippen molar-refractivity contribution in [2.75, 3.05) is 13.2 Å². The van der Waals surface area contributed by atoms with Crippen LogP contribution in [-0.4, -0.2) is 34.9 Å². The van der Waals surface area contributed by atoms with Crippen molar-refractivity contribution in [1.82, 2.24) is 20.4 Å². The number of fused-ring (bicyclic) bond motifs is 1. The predicted octanol–water partition coefficient (Wildman–Crippen LogP) is 1.81. The summed E-state index contributed by atoms with van der Waals surface area (Å²) in [6, 6.07) is 7.64. The van der Waals surface area contributed by atoms with Crippen molar-refractivity contribution in [3.05, 3.63) is 47.8 Å². The normalized spacial score (nSPS) is 17.7. The summed E-state index contributed by atoms with van der Waals surface area (Å²) < 4.78 is 7.51. The van der Waals surface area contributed by atoms with Crippen molar-refractivity contribution in [3.8, 4) is 5.75 Å². The summed E-state index contributed by atoms with van der Waals surface area (Å²) in [7, 11) is 0. The molecule has 2 aromatic rings. The second-order valence-corrected chi connectivity index (χ2v) is 6.19. The SMILES string of the molecule is Cc1cnn(CCNC(C)C(=O)NC2CCOc3ccccc32)c1. The molecule has 0 spiro atoms. The van der Waals surface area contributed by atoms with Gasteiger partial charge in [0.15, 0.2) is 0 Å². The molecule has 0 fully saturated rings. The molecule has 1 aromatic carbocycles. The Bertz CT molecular complexity index is 698. The highest BCUT2D eigenvalue weighted by atomic mass is 16.5. The van der Waals surface area contributed by atoms with Gasteiger partial charge in [-0.3, -0.25) is 9.48 Å². The van der Waals surface area contributed by atoms with Gasteiger partial charge in [0.1, 0.15) is 5.75 Å². The summed E-state index contributed by atoms with van der Waals surface area (Å²) in [5, 5.41) is 10.6. The lowest BCUT2D eigenvalue weighted by molar-refractivity contribution is -0.123. The van der Waals surface area contributed by atoms with Gasteiger partial charge in [0.25, 0.3) is 0 Å². The third kappa shape index (κ3) is 3.94. The first-order valence-corrected chi connectivity index (χ1v) is 8.38. The maximum atomic E-state index is 12.4. The largest absolute Gasteiger partial charge is 0.493 e. The molecule has 0 aliphatic carbocycles. The summed E-state index contributed by atoms with van der Waals surface area (Å²) in [6.45, 7) is 5.96. The molecule has 1 amide bonds. The molecule has 6 heteroatoms. The minimum atomic E-state index is -0.253. The molecule has 128 valence electrons. The monoisotopic (exact) mass is 328 g/mol. The zero-order valence-electron chi connectivity index (χ0n) is 14.2. The minimum Gasteiger partial charge on any atom is -0.493 e. The number of para-hydroxylation sites is 1. The Kier molecular flexibility index (Phi) is 5.15. The number of nitrogens with one attached hydrogen (secondary N) is 2. The lowest BCUT2D eigenvalue weighted by Gasteiger charge is -2.27. The topological polar surface area (TPSA) is 68.2 Å². The van der Waals surface area contributed by atoms with Crippen molar-refractivity contribution < 1.29 is 9.53 Å². The summed E-state index contributed by atoms with van der Waals surface area (Å²) in [5.41, 5.74) is 2.19. The van der Waals surface area contributed by atoms with E-state index in [4.69, 9.17) is 4.74 Å². The van der Waals surface area contributed by atoms with E-state index >= 15 is 0 Å². The molecule has 1 aliphatic heterocycles. The first-order valence-electron chi connectivity index (χ1n) is 8.38. The van der Waals surface area contributed by atoms with Crippen molar-refractivity contribution in [1.29, 1.82) is 0 Å². The number of nitrogens with zero attached hydrogens (tertiary/aromatic N) is 2. The van der Waals surface area contributed by atoms with Gasteiger partial charge in [0.2, 0.25) is 5.91 Å². The smallest absolute Gasteiger partial charge is 0.237 e. The van der Waals surface area contributed by atoms with Gasteiger partial charge < -0.3 is 15.4 Å². The van der Waals surface area contributed by atoms with E-state index in [-0.39, 0.29) is 18.0 Å². The van der Waals surface area contributed by atoms with Crippen molar-refractivity contribution >= 4 is 5.91 Å². The average Bonchev–Trinajstić information content (AvgIpc) is 3.00. The number of hydrogen-bond acceptors (Lipinski definition) is 4. The van der Waals surface area contributed by atoms with E-state index in [0.29, 0.717) is 13.2 Å². The number of aromatic nitrogens is 2. The molecule has 0 saturated carbocycles. The number of hydrogen-bond donors (Lipinski definition) is 2. The summed E-state index contributed by atoms with van der Waals surface area (Å²) in [6.07, 6.45) is 4.62. The Hall–Kier alpha value is -2.34. The van der Waals surface area contributed by atoms with E-state index in [2.05, 4.69) is 15.7 Å². The predicted molar refractivity (Wildman–Crippen MR) is 91.9 cm³/mol. The highest BCUT2D eigenvalue weighted by Gasteiger charge is 2.24. The molecule has 6 nitrogen and oxygen atoms in total. The Morgan fingerprint density at radius 2 is 2.29 bits per heavy atom. The average molecular weight is 328 g/mol. The molecule has 2 atom stereocenters. The molecule has 1 aromatic heterocycles. The Morgan fingerprint density at radius 1 is 1.46 bits per heavy atom. The fourth-order valence-corrected chi connectivity index (χ4v) is 2.87. The molecular formula is C18H24N4O2. The molecule has 0 radical (unpaired) electrons. The van der Waals surface area contributed by atoms with Crippen molar-refractivity contribution in [2.24, 2.45) is 0 Å². The molecule has 2 unspecified atom stereocenters. The third-order valence-electron chi connectivity index (χ3n) is 4.22. The van der Waals surface area contributed by atoms with E-state index in [1.807, 2.05) is 55.2 Å². The standard InChI is InChI=1S/C18H24N4O2/c1-13-11-20-22(12-13)9-8-19-14(2)18(23)21-16-7-10-24-17-6-4-3-5-15(16)17/h3-6,11-12,14,16,19H,7-10H2,1-2H3,(H,21,23). The number of ether oxygens (including phenoxy) is 1. The van der Waals surface area contributed by atoms with Crippen LogP contribution in [0, 0.1) is 6.92 Å². The lowest BCUT2D eigenvalue weighted by atomic mass is 10.0. The van der Waals surface area contributed by atoms with Crippen LogP contribution < -0.4 is 15.4 Å². The first-order chi connectivity index (χ1) is 11.6. The number of aryl methyl sites for hydroxylation is 1. The number of rotatable bonds is 6. The molecule has 3 rings (SSSR count). The molecule has 0 bridgehead atoms. The van der Waals surface area contributed by atoms with Gasteiger partial charge in [-0.25, -0.2) is 0 Å². The van der Waals surface area contributed by atoms with Crippen LogP contribution in [0.15, 0.2) is 36.7 Å². The van der Waals surface area contributed by atoms with Crippen LogP contribution in [0.4, 0.5) is 0 Å². The quantitative estimate of drug-likeness (QED) is 0.849. The van der Waals surface area contributed by atoms with E-state index < -0.39 is 0 Å². The Labute approximate surface area is 142 Å². The maximum absolute atomic E-state index is 12.4. The second kappa shape index (κ2) is 7.49. The van der Waals surface area contributed by atoms with Gasteiger partial charge in [-0.2, -0.15) is 5.10 Å². The fraction of sp³-hybridized carbons (Fsp3) is 0.444. The van der Waals surface area contributed by atoms with Crippen LogP contribution in [0.3, 0.4) is 0 Å². The van der Waals surface area contributed by atoms with E-state index in [1.165, 1.54) is 0 Å². The number of amides is 1. The van der Waals surface area contributed by atoms with Crippen LogP contribution in [0.2, 0.25) is 0 Å². The van der Waals surface area contributed by atoms with Crippen LogP contribution in [0.5, 0.6) is 5.75 Å². The zero-order chi connectivity index (χ0) is 16.9. The molecular weight excluding hydrogens is 304 g/mol. The van der Waals surface area contributed by atoms with Crippen LogP contribution >= 0.6 is 0 Å². The molecule has 24 heavy (non-hydrogen) atoms. The summed E-state index contributed by atoms with van der Waals surface area (Å²) in [5.74, 6) is 0.872. The maximum Gasteiger partial charge on any atom is 0.237 e. The first kappa shape index (κ1) is 16.5. The van der Waals surface area contributed by atoms with Gasteiger partial charge in [0, 0.05) is 24.7 Å². The number of benzene rings is 1. The second-order valence-electron chi connectivity index (χ2n) is 6.19.